The molecule has 1 unspecified atom stereocenters. The SMILES string of the molecule is CN=C(NCc1ccco1)N1CCN(C(=O)C2CCCO2)CC1. The molecule has 0 aliphatic carbocycles. The van der Waals surface area contributed by atoms with Crippen molar-refractivity contribution in [2.75, 3.05) is 39.8 Å². The van der Waals surface area contributed by atoms with Gasteiger partial charge in [0, 0.05) is 39.8 Å². The van der Waals surface area contributed by atoms with E-state index >= 15 is 0 Å². The van der Waals surface area contributed by atoms with E-state index in [9.17, 15) is 4.79 Å². The highest BCUT2D eigenvalue weighted by molar-refractivity contribution is 5.82. The van der Waals surface area contributed by atoms with Crippen molar-refractivity contribution in [3.05, 3.63) is 24.2 Å². The second-order valence-electron chi connectivity index (χ2n) is 5.79. The van der Waals surface area contributed by atoms with Crippen molar-refractivity contribution in [2.45, 2.75) is 25.5 Å². The minimum Gasteiger partial charge on any atom is -0.467 e. The highest BCUT2D eigenvalue weighted by Crippen LogP contribution is 2.16. The van der Waals surface area contributed by atoms with Gasteiger partial charge in [0.25, 0.3) is 5.91 Å². The lowest BCUT2D eigenvalue weighted by molar-refractivity contribution is -0.142. The fraction of sp³-hybridized carbons (Fsp3) is 0.625. The van der Waals surface area contributed by atoms with E-state index in [4.69, 9.17) is 9.15 Å². The molecule has 0 aromatic carbocycles. The van der Waals surface area contributed by atoms with Crippen molar-refractivity contribution in [3.8, 4) is 0 Å². The summed E-state index contributed by atoms with van der Waals surface area (Å²) in [7, 11) is 1.77. The van der Waals surface area contributed by atoms with E-state index in [0.717, 1.165) is 37.7 Å². The summed E-state index contributed by atoms with van der Waals surface area (Å²) in [5.74, 6) is 1.85. The van der Waals surface area contributed by atoms with Crippen LogP contribution >= 0.6 is 0 Å². The van der Waals surface area contributed by atoms with Gasteiger partial charge in [-0.05, 0) is 25.0 Å². The van der Waals surface area contributed by atoms with Crippen LogP contribution in [0.15, 0.2) is 27.8 Å². The molecule has 1 aromatic rings. The maximum Gasteiger partial charge on any atom is 0.251 e. The van der Waals surface area contributed by atoms with Crippen molar-refractivity contribution in [2.24, 2.45) is 4.99 Å². The van der Waals surface area contributed by atoms with Crippen LogP contribution in [0.1, 0.15) is 18.6 Å². The van der Waals surface area contributed by atoms with E-state index in [-0.39, 0.29) is 12.0 Å². The summed E-state index contributed by atoms with van der Waals surface area (Å²) in [6.45, 7) is 4.28. The van der Waals surface area contributed by atoms with E-state index in [0.29, 0.717) is 26.2 Å². The topological polar surface area (TPSA) is 70.3 Å². The van der Waals surface area contributed by atoms with E-state index in [2.05, 4.69) is 15.2 Å². The van der Waals surface area contributed by atoms with Crippen LogP contribution < -0.4 is 5.32 Å². The number of hydrogen-bond acceptors (Lipinski definition) is 4. The third-order valence-electron chi connectivity index (χ3n) is 4.31. The Morgan fingerprint density at radius 3 is 2.74 bits per heavy atom. The largest absolute Gasteiger partial charge is 0.467 e. The minimum atomic E-state index is -0.224. The Morgan fingerprint density at radius 2 is 2.13 bits per heavy atom. The summed E-state index contributed by atoms with van der Waals surface area (Å²) < 4.78 is 10.8. The van der Waals surface area contributed by atoms with Gasteiger partial charge >= 0.3 is 0 Å². The summed E-state index contributed by atoms with van der Waals surface area (Å²) in [5, 5.41) is 3.29. The van der Waals surface area contributed by atoms with Crippen LogP contribution in [-0.4, -0.2) is 67.6 Å². The fourth-order valence-electron chi connectivity index (χ4n) is 3.03. The number of aliphatic imine (C=N–C) groups is 1. The quantitative estimate of drug-likeness (QED) is 0.655. The van der Waals surface area contributed by atoms with E-state index in [1.165, 1.54) is 0 Å². The smallest absolute Gasteiger partial charge is 0.251 e. The zero-order valence-electron chi connectivity index (χ0n) is 13.5. The zero-order valence-corrected chi connectivity index (χ0v) is 13.5. The van der Waals surface area contributed by atoms with Gasteiger partial charge in [-0.15, -0.1) is 0 Å². The number of nitrogens with zero attached hydrogens (tertiary/aromatic N) is 3. The van der Waals surface area contributed by atoms with E-state index < -0.39 is 0 Å². The number of amides is 1. The van der Waals surface area contributed by atoms with Crippen molar-refractivity contribution >= 4 is 11.9 Å². The number of piperazine rings is 1. The molecule has 0 radical (unpaired) electrons. The van der Waals surface area contributed by atoms with Gasteiger partial charge in [0.1, 0.15) is 11.9 Å². The highest BCUT2D eigenvalue weighted by Gasteiger charge is 2.30. The average Bonchev–Trinajstić information content (AvgIpc) is 3.29. The molecule has 1 amide bonds. The number of rotatable bonds is 3. The van der Waals surface area contributed by atoms with Gasteiger partial charge in [-0.3, -0.25) is 9.79 Å². The molecule has 2 saturated heterocycles. The van der Waals surface area contributed by atoms with E-state index in [1.54, 1.807) is 13.3 Å². The third-order valence-corrected chi connectivity index (χ3v) is 4.31. The Hall–Kier alpha value is -2.02. The van der Waals surface area contributed by atoms with Gasteiger partial charge in [0.2, 0.25) is 0 Å². The predicted octanol–water partition coefficient (Wildman–Crippen LogP) is 0.678. The van der Waals surface area contributed by atoms with Gasteiger partial charge in [-0.25, -0.2) is 0 Å². The normalized spacial score (nSPS) is 22.5. The van der Waals surface area contributed by atoms with Gasteiger partial charge in [-0.1, -0.05) is 0 Å². The molecule has 7 heteroatoms. The first-order valence-electron chi connectivity index (χ1n) is 8.16. The molecule has 0 saturated carbocycles. The van der Waals surface area contributed by atoms with Gasteiger partial charge in [0.05, 0.1) is 12.8 Å². The second-order valence-corrected chi connectivity index (χ2v) is 5.79. The number of guanidine groups is 1. The second kappa shape index (κ2) is 7.50. The first-order chi connectivity index (χ1) is 11.3. The van der Waals surface area contributed by atoms with Gasteiger partial charge < -0.3 is 24.3 Å². The summed E-state index contributed by atoms with van der Waals surface area (Å²) >= 11 is 0. The summed E-state index contributed by atoms with van der Waals surface area (Å²) in [4.78, 5) is 20.7. The molecule has 23 heavy (non-hydrogen) atoms. The van der Waals surface area contributed by atoms with Crippen LogP contribution in [0.2, 0.25) is 0 Å². The lowest BCUT2D eigenvalue weighted by atomic mass is 10.2. The molecule has 2 fully saturated rings. The highest BCUT2D eigenvalue weighted by atomic mass is 16.5. The van der Waals surface area contributed by atoms with Crippen molar-refractivity contribution < 1.29 is 13.9 Å². The Balaban J connectivity index is 1.47. The monoisotopic (exact) mass is 320 g/mol. The fourth-order valence-corrected chi connectivity index (χ4v) is 3.03. The molecule has 2 aliphatic heterocycles. The number of carbonyl (C=O) groups is 1. The van der Waals surface area contributed by atoms with Crippen LogP contribution in [0, 0.1) is 0 Å². The van der Waals surface area contributed by atoms with Gasteiger partial charge in [-0.2, -0.15) is 0 Å². The van der Waals surface area contributed by atoms with Crippen LogP contribution in [-0.2, 0) is 16.1 Å². The Kier molecular flexibility index (Phi) is 5.17. The third kappa shape index (κ3) is 3.85. The molecular formula is C16H24N4O3. The average molecular weight is 320 g/mol. The number of hydrogen-bond donors (Lipinski definition) is 1. The number of furan rings is 1. The maximum absolute atomic E-state index is 12.4. The molecule has 1 N–H and O–H groups in total. The predicted molar refractivity (Wildman–Crippen MR) is 86.0 cm³/mol. The van der Waals surface area contributed by atoms with Crippen LogP contribution in [0.25, 0.3) is 0 Å². The van der Waals surface area contributed by atoms with Crippen molar-refractivity contribution in [1.29, 1.82) is 0 Å². The molecule has 0 bridgehead atoms. The summed E-state index contributed by atoms with van der Waals surface area (Å²) in [6, 6.07) is 3.80. The first-order valence-corrected chi connectivity index (χ1v) is 8.16. The molecule has 126 valence electrons. The first kappa shape index (κ1) is 15.9. The molecule has 3 rings (SSSR count). The Bertz CT molecular complexity index is 530. The Labute approximate surface area is 136 Å². The standard InChI is InChI=1S/C16H24N4O3/c1-17-16(18-12-13-4-2-10-22-13)20-8-6-19(7-9-20)15(21)14-5-3-11-23-14/h2,4,10,14H,3,5-9,11-12H2,1H3,(H,17,18). The maximum atomic E-state index is 12.4. The molecule has 7 nitrogen and oxygen atoms in total. The molecular weight excluding hydrogens is 296 g/mol. The molecule has 0 spiro atoms. The molecule has 3 heterocycles. The summed E-state index contributed by atoms with van der Waals surface area (Å²) in [5.41, 5.74) is 0. The van der Waals surface area contributed by atoms with Gasteiger partial charge in [0.15, 0.2) is 5.96 Å². The lowest BCUT2D eigenvalue weighted by Gasteiger charge is -2.37. The summed E-state index contributed by atoms with van der Waals surface area (Å²) in [6.07, 6.45) is 3.28. The van der Waals surface area contributed by atoms with Crippen LogP contribution in [0.4, 0.5) is 0 Å². The van der Waals surface area contributed by atoms with E-state index in [1.807, 2.05) is 17.0 Å². The molecule has 1 aromatic heterocycles. The van der Waals surface area contributed by atoms with Crippen molar-refractivity contribution in [1.82, 2.24) is 15.1 Å². The van der Waals surface area contributed by atoms with Crippen LogP contribution in [0.5, 0.6) is 0 Å². The number of carbonyl (C=O) groups excluding carboxylic acids is 1. The minimum absolute atomic E-state index is 0.140. The Morgan fingerprint density at radius 1 is 1.35 bits per heavy atom. The molecule has 1 atom stereocenters. The van der Waals surface area contributed by atoms with Crippen LogP contribution in [0.3, 0.4) is 0 Å². The molecule has 2 aliphatic rings. The number of ether oxygens (including phenoxy) is 1. The van der Waals surface area contributed by atoms with Crippen molar-refractivity contribution in [3.63, 3.8) is 0 Å². The zero-order chi connectivity index (χ0) is 16.1. The lowest BCUT2D eigenvalue weighted by Crippen LogP contribution is -2.55. The number of nitrogens with one attached hydrogen (secondary N) is 1.